The summed E-state index contributed by atoms with van der Waals surface area (Å²) in [5.74, 6) is -0.296. The molecule has 0 unspecified atom stereocenters. The first-order valence-electron chi connectivity index (χ1n) is 6.44. The van der Waals surface area contributed by atoms with Crippen LogP contribution in [0.2, 0.25) is 0 Å². The van der Waals surface area contributed by atoms with E-state index in [-0.39, 0.29) is 11.4 Å². The van der Waals surface area contributed by atoms with E-state index in [1.54, 1.807) is 19.1 Å². The molecule has 0 aliphatic heterocycles. The van der Waals surface area contributed by atoms with Gasteiger partial charge in [0, 0.05) is 22.2 Å². The smallest absolute Gasteiger partial charge is 0.266 e. The first-order valence-corrected chi connectivity index (χ1v) is 7.32. The van der Waals surface area contributed by atoms with E-state index in [1.165, 1.54) is 29.5 Å². The van der Waals surface area contributed by atoms with Gasteiger partial charge < -0.3 is 4.98 Å². The lowest BCUT2D eigenvalue weighted by Crippen LogP contribution is -2.11. The molecule has 0 radical (unpaired) electrons. The molecule has 0 bridgehead atoms. The minimum absolute atomic E-state index is 0.0527. The van der Waals surface area contributed by atoms with Crippen LogP contribution in [0.15, 0.2) is 40.5 Å². The Kier molecular flexibility index (Phi) is 3.57. The summed E-state index contributed by atoms with van der Waals surface area (Å²) >= 11 is 1.42. The van der Waals surface area contributed by atoms with Gasteiger partial charge in [0.05, 0.1) is 5.69 Å². The molecular formula is C16H10FN3OS. The molecule has 0 aliphatic carbocycles. The van der Waals surface area contributed by atoms with Crippen LogP contribution in [-0.4, -0.2) is 9.97 Å². The van der Waals surface area contributed by atoms with Gasteiger partial charge in [-0.05, 0) is 37.3 Å². The van der Waals surface area contributed by atoms with Crippen molar-refractivity contribution >= 4 is 11.3 Å². The molecular weight excluding hydrogens is 301 g/mol. The number of nitriles is 1. The van der Waals surface area contributed by atoms with E-state index in [0.29, 0.717) is 17.0 Å². The van der Waals surface area contributed by atoms with Crippen molar-refractivity contribution in [3.8, 4) is 27.9 Å². The van der Waals surface area contributed by atoms with E-state index < -0.39 is 5.56 Å². The van der Waals surface area contributed by atoms with Gasteiger partial charge >= 0.3 is 0 Å². The third-order valence-corrected chi connectivity index (χ3v) is 4.12. The fraction of sp³-hybridized carbons (Fsp3) is 0.0625. The predicted molar refractivity (Wildman–Crippen MR) is 83.0 cm³/mol. The zero-order valence-corrected chi connectivity index (χ0v) is 12.4. The van der Waals surface area contributed by atoms with E-state index in [9.17, 15) is 9.18 Å². The second kappa shape index (κ2) is 5.54. The molecule has 0 saturated carbocycles. The van der Waals surface area contributed by atoms with Crippen LogP contribution >= 0.6 is 11.3 Å². The van der Waals surface area contributed by atoms with E-state index >= 15 is 0 Å². The molecule has 0 fully saturated rings. The Morgan fingerprint density at radius 3 is 2.73 bits per heavy atom. The van der Waals surface area contributed by atoms with Crippen molar-refractivity contribution in [2.45, 2.75) is 6.92 Å². The number of nitrogens with zero attached hydrogens (tertiary/aromatic N) is 2. The second-order valence-corrected chi connectivity index (χ2v) is 5.57. The number of thiazole rings is 1. The fourth-order valence-corrected chi connectivity index (χ4v) is 2.92. The monoisotopic (exact) mass is 311 g/mol. The molecule has 2 aromatic heterocycles. The minimum atomic E-state index is -0.405. The van der Waals surface area contributed by atoms with Gasteiger partial charge in [-0.2, -0.15) is 5.26 Å². The van der Waals surface area contributed by atoms with Gasteiger partial charge in [-0.15, -0.1) is 11.3 Å². The van der Waals surface area contributed by atoms with Crippen LogP contribution < -0.4 is 5.56 Å². The van der Waals surface area contributed by atoms with Crippen LogP contribution in [0.1, 0.15) is 11.3 Å². The Balaban J connectivity index is 2.06. The average Bonchev–Trinajstić information content (AvgIpc) is 2.98. The molecule has 4 nitrogen and oxygen atoms in total. The van der Waals surface area contributed by atoms with Crippen molar-refractivity contribution in [1.29, 1.82) is 5.26 Å². The minimum Gasteiger partial charge on any atom is -0.325 e. The molecule has 108 valence electrons. The highest BCUT2D eigenvalue weighted by atomic mass is 32.1. The van der Waals surface area contributed by atoms with Crippen LogP contribution in [0.25, 0.3) is 21.8 Å². The van der Waals surface area contributed by atoms with E-state index in [2.05, 4.69) is 9.97 Å². The summed E-state index contributed by atoms with van der Waals surface area (Å²) in [4.78, 5) is 18.7. The number of hydrogen-bond acceptors (Lipinski definition) is 4. The molecule has 2 heterocycles. The lowest BCUT2D eigenvalue weighted by atomic mass is 10.1. The van der Waals surface area contributed by atoms with E-state index in [0.717, 1.165) is 10.6 Å². The number of aromatic amines is 1. The van der Waals surface area contributed by atoms with E-state index in [4.69, 9.17) is 5.26 Å². The van der Waals surface area contributed by atoms with Crippen LogP contribution in [0, 0.1) is 24.1 Å². The number of pyridine rings is 1. The van der Waals surface area contributed by atoms with Gasteiger partial charge in [-0.1, -0.05) is 0 Å². The summed E-state index contributed by atoms with van der Waals surface area (Å²) in [6.45, 7) is 1.76. The summed E-state index contributed by atoms with van der Waals surface area (Å²) in [5, 5.41) is 11.6. The second-order valence-electron chi connectivity index (χ2n) is 4.71. The number of aryl methyl sites for hydroxylation is 1. The standard InChI is InChI=1S/C16H10FN3OS/c1-9-13(6-11(7-18)15(21)19-9)14-8-22-16(20-14)10-2-4-12(17)5-3-10/h2-6,8H,1H3,(H,19,21). The third kappa shape index (κ3) is 2.54. The normalized spacial score (nSPS) is 10.4. The summed E-state index contributed by atoms with van der Waals surface area (Å²) in [6, 6.07) is 9.51. The molecule has 1 N–H and O–H groups in total. The molecule has 1 aromatic carbocycles. The zero-order valence-electron chi connectivity index (χ0n) is 11.6. The lowest BCUT2D eigenvalue weighted by molar-refractivity contribution is 0.628. The summed E-state index contributed by atoms with van der Waals surface area (Å²) in [7, 11) is 0. The van der Waals surface area contributed by atoms with Gasteiger partial charge in [0.15, 0.2) is 0 Å². The Morgan fingerprint density at radius 2 is 2.05 bits per heavy atom. The van der Waals surface area contributed by atoms with Crippen molar-refractivity contribution in [3.63, 3.8) is 0 Å². The molecule has 0 spiro atoms. The van der Waals surface area contributed by atoms with Gasteiger partial charge in [0.1, 0.15) is 22.5 Å². The van der Waals surface area contributed by atoms with Crippen molar-refractivity contribution in [3.05, 3.63) is 63.1 Å². The highest BCUT2D eigenvalue weighted by Gasteiger charge is 2.12. The molecule has 3 aromatic rings. The fourth-order valence-electron chi connectivity index (χ4n) is 2.09. The molecule has 0 atom stereocenters. The van der Waals surface area contributed by atoms with Crippen LogP contribution in [0.5, 0.6) is 0 Å². The van der Waals surface area contributed by atoms with Crippen LogP contribution in [0.4, 0.5) is 4.39 Å². The third-order valence-electron chi connectivity index (χ3n) is 3.23. The van der Waals surface area contributed by atoms with Crippen molar-refractivity contribution in [1.82, 2.24) is 9.97 Å². The van der Waals surface area contributed by atoms with Crippen molar-refractivity contribution < 1.29 is 4.39 Å². The Labute approximate surface area is 129 Å². The number of halogens is 1. The Bertz CT molecular complexity index is 935. The SMILES string of the molecule is Cc1[nH]c(=O)c(C#N)cc1-c1csc(-c2ccc(F)cc2)n1. The van der Waals surface area contributed by atoms with Crippen molar-refractivity contribution in [2.24, 2.45) is 0 Å². The molecule has 0 amide bonds. The molecule has 0 aliphatic rings. The first-order chi connectivity index (χ1) is 10.6. The highest BCUT2D eigenvalue weighted by molar-refractivity contribution is 7.13. The van der Waals surface area contributed by atoms with Crippen molar-refractivity contribution in [2.75, 3.05) is 0 Å². The molecule has 6 heteroatoms. The molecule has 3 rings (SSSR count). The maximum Gasteiger partial charge on any atom is 0.266 e. The van der Waals surface area contributed by atoms with Crippen LogP contribution in [-0.2, 0) is 0 Å². The zero-order chi connectivity index (χ0) is 15.7. The predicted octanol–water partition coefficient (Wildman–Crippen LogP) is 3.48. The van der Waals surface area contributed by atoms with Gasteiger partial charge in [-0.25, -0.2) is 9.37 Å². The van der Waals surface area contributed by atoms with Gasteiger partial charge in [-0.3, -0.25) is 4.79 Å². The summed E-state index contributed by atoms with van der Waals surface area (Å²) in [5.41, 5.74) is 2.50. The van der Waals surface area contributed by atoms with Gasteiger partial charge in [0.2, 0.25) is 0 Å². The molecule has 0 saturated heterocycles. The highest BCUT2D eigenvalue weighted by Crippen LogP contribution is 2.29. The average molecular weight is 311 g/mol. The summed E-state index contributed by atoms with van der Waals surface area (Å²) in [6.07, 6.45) is 0. The Hall–Kier alpha value is -2.78. The number of benzene rings is 1. The maximum atomic E-state index is 13.0. The van der Waals surface area contributed by atoms with Gasteiger partial charge in [0.25, 0.3) is 5.56 Å². The summed E-state index contributed by atoms with van der Waals surface area (Å²) < 4.78 is 13.0. The number of nitrogens with one attached hydrogen (secondary N) is 1. The topological polar surface area (TPSA) is 69.5 Å². The number of aromatic nitrogens is 2. The van der Waals surface area contributed by atoms with Crippen LogP contribution in [0.3, 0.4) is 0 Å². The quantitative estimate of drug-likeness (QED) is 0.787. The Morgan fingerprint density at radius 1 is 1.32 bits per heavy atom. The molecule has 22 heavy (non-hydrogen) atoms. The lowest BCUT2D eigenvalue weighted by Gasteiger charge is -2.02. The maximum absolute atomic E-state index is 13.0. The number of rotatable bonds is 2. The van der Waals surface area contributed by atoms with E-state index in [1.807, 2.05) is 11.4 Å². The number of H-pyrrole nitrogens is 1. The largest absolute Gasteiger partial charge is 0.325 e. The number of hydrogen-bond donors (Lipinski definition) is 1. The first kappa shape index (κ1) is 14.2.